The number of nitrogens with zero attached hydrogens (tertiary/aromatic N) is 5. The topological polar surface area (TPSA) is 65.1 Å². The van der Waals surface area contributed by atoms with Crippen LogP contribution in [0, 0.1) is 13.8 Å². The molecule has 4 heterocycles. The Hall–Kier alpha value is -3.32. The van der Waals surface area contributed by atoms with Gasteiger partial charge in [-0.15, -0.1) is 16.4 Å². The van der Waals surface area contributed by atoms with Gasteiger partial charge in [0.25, 0.3) is 0 Å². The fourth-order valence-corrected chi connectivity index (χ4v) is 4.74. The Morgan fingerprint density at radius 3 is 2.66 bits per heavy atom. The molecule has 5 rings (SSSR count). The zero-order valence-electron chi connectivity index (χ0n) is 16.2. The van der Waals surface area contributed by atoms with Crippen molar-refractivity contribution in [3.8, 4) is 11.4 Å². The molecule has 0 saturated carbocycles. The third kappa shape index (κ3) is 2.94. The molecule has 0 aliphatic heterocycles. The van der Waals surface area contributed by atoms with E-state index in [-0.39, 0.29) is 5.69 Å². The minimum Gasteiger partial charge on any atom is -0.283 e. The summed E-state index contributed by atoms with van der Waals surface area (Å²) in [6.45, 7) is 4.76. The van der Waals surface area contributed by atoms with Crippen LogP contribution in [0.25, 0.3) is 27.3 Å². The highest BCUT2D eigenvalue weighted by Crippen LogP contribution is 2.32. The molecule has 7 heteroatoms. The summed E-state index contributed by atoms with van der Waals surface area (Å²) in [5.74, 6) is 0.514. The zero-order valence-corrected chi connectivity index (χ0v) is 17.0. The number of hydrogen-bond acceptors (Lipinski definition) is 5. The lowest BCUT2D eigenvalue weighted by atomic mass is 10.1. The highest BCUT2D eigenvalue weighted by Gasteiger charge is 2.20. The second-order valence-electron chi connectivity index (χ2n) is 7.05. The number of hydrogen-bond donors (Lipinski definition) is 0. The van der Waals surface area contributed by atoms with Gasteiger partial charge in [0.05, 0.1) is 5.39 Å². The van der Waals surface area contributed by atoms with Gasteiger partial charge in [0.1, 0.15) is 4.83 Å². The molecular weight excluding hydrogens is 382 g/mol. The standard InChI is InChI=1S/C22H19N5OS/c1-14-15(2)29-21-18(14)20-24-19(17-9-6-11-23-13-17)25-27(20)22(28)26(21)12-10-16-7-4-3-5-8-16/h3-9,11,13H,10,12H2,1-2H3. The summed E-state index contributed by atoms with van der Waals surface area (Å²) in [7, 11) is 0. The van der Waals surface area contributed by atoms with Gasteiger partial charge in [0, 0.05) is 29.4 Å². The van der Waals surface area contributed by atoms with Crippen LogP contribution in [-0.2, 0) is 13.0 Å². The largest absolute Gasteiger partial charge is 0.351 e. The first-order valence-corrected chi connectivity index (χ1v) is 10.3. The molecule has 0 unspecified atom stereocenters. The van der Waals surface area contributed by atoms with Gasteiger partial charge in [-0.3, -0.25) is 9.55 Å². The van der Waals surface area contributed by atoms with Crippen LogP contribution in [0.3, 0.4) is 0 Å². The van der Waals surface area contributed by atoms with Gasteiger partial charge in [-0.25, -0.2) is 9.78 Å². The third-order valence-electron chi connectivity index (χ3n) is 5.24. The van der Waals surface area contributed by atoms with Crippen molar-refractivity contribution in [3.63, 3.8) is 0 Å². The lowest BCUT2D eigenvalue weighted by Crippen LogP contribution is -2.28. The number of benzene rings is 1. The summed E-state index contributed by atoms with van der Waals surface area (Å²) in [6.07, 6.45) is 4.20. The Morgan fingerprint density at radius 1 is 1.07 bits per heavy atom. The molecule has 0 fully saturated rings. The number of aryl methyl sites for hydroxylation is 4. The number of aromatic nitrogens is 5. The first-order valence-electron chi connectivity index (χ1n) is 9.47. The molecule has 0 aliphatic rings. The van der Waals surface area contributed by atoms with E-state index in [1.807, 2.05) is 34.9 Å². The Kier molecular flexibility index (Phi) is 4.24. The minimum absolute atomic E-state index is 0.160. The van der Waals surface area contributed by atoms with Crippen molar-refractivity contribution in [2.45, 2.75) is 26.8 Å². The summed E-state index contributed by atoms with van der Waals surface area (Å²) in [4.78, 5) is 24.3. The van der Waals surface area contributed by atoms with Gasteiger partial charge in [-0.1, -0.05) is 30.3 Å². The lowest BCUT2D eigenvalue weighted by molar-refractivity contribution is 0.654. The van der Waals surface area contributed by atoms with Crippen LogP contribution in [0.4, 0.5) is 0 Å². The van der Waals surface area contributed by atoms with E-state index in [0.29, 0.717) is 18.0 Å². The molecule has 144 valence electrons. The molecule has 0 saturated heterocycles. The van der Waals surface area contributed by atoms with E-state index in [2.05, 4.69) is 36.1 Å². The van der Waals surface area contributed by atoms with Gasteiger partial charge in [-0.2, -0.15) is 4.52 Å². The summed E-state index contributed by atoms with van der Waals surface area (Å²) in [6, 6.07) is 14.0. The monoisotopic (exact) mass is 401 g/mol. The van der Waals surface area contributed by atoms with Crippen molar-refractivity contribution in [2.75, 3.05) is 0 Å². The van der Waals surface area contributed by atoms with Gasteiger partial charge in [-0.05, 0) is 43.5 Å². The van der Waals surface area contributed by atoms with Gasteiger partial charge < -0.3 is 0 Å². The average Bonchev–Trinajstić information content (AvgIpc) is 3.31. The smallest absolute Gasteiger partial charge is 0.283 e. The predicted molar refractivity (Wildman–Crippen MR) is 115 cm³/mol. The van der Waals surface area contributed by atoms with Crippen LogP contribution in [-0.4, -0.2) is 24.1 Å². The van der Waals surface area contributed by atoms with E-state index in [1.165, 1.54) is 15.0 Å². The van der Waals surface area contributed by atoms with Crippen LogP contribution in [0.2, 0.25) is 0 Å². The van der Waals surface area contributed by atoms with Crippen molar-refractivity contribution in [1.29, 1.82) is 0 Å². The van der Waals surface area contributed by atoms with Crippen LogP contribution < -0.4 is 5.69 Å². The van der Waals surface area contributed by atoms with Crippen LogP contribution in [0.15, 0.2) is 59.7 Å². The molecule has 0 bridgehead atoms. The number of fused-ring (bicyclic) bond motifs is 3. The van der Waals surface area contributed by atoms with E-state index >= 15 is 0 Å². The molecule has 4 aromatic heterocycles. The third-order valence-corrected chi connectivity index (χ3v) is 6.47. The molecule has 0 amide bonds. The quantitative estimate of drug-likeness (QED) is 0.456. The van der Waals surface area contributed by atoms with Crippen molar-refractivity contribution < 1.29 is 0 Å². The van der Waals surface area contributed by atoms with Gasteiger partial charge in [0.2, 0.25) is 0 Å². The molecule has 0 N–H and O–H groups in total. The normalized spacial score (nSPS) is 11.5. The molecule has 0 aliphatic carbocycles. The van der Waals surface area contributed by atoms with E-state index < -0.39 is 0 Å². The maximum absolute atomic E-state index is 13.3. The molecule has 29 heavy (non-hydrogen) atoms. The van der Waals surface area contributed by atoms with Crippen molar-refractivity contribution in [3.05, 3.63) is 81.3 Å². The van der Waals surface area contributed by atoms with E-state index in [0.717, 1.165) is 27.8 Å². The van der Waals surface area contributed by atoms with Crippen LogP contribution >= 0.6 is 11.3 Å². The fourth-order valence-electron chi connectivity index (χ4n) is 3.57. The molecule has 0 spiro atoms. The van der Waals surface area contributed by atoms with Crippen molar-refractivity contribution in [2.24, 2.45) is 0 Å². The van der Waals surface area contributed by atoms with E-state index in [4.69, 9.17) is 4.98 Å². The van der Waals surface area contributed by atoms with Crippen molar-refractivity contribution >= 4 is 27.2 Å². The summed E-state index contributed by atoms with van der Waals surface area (Å²) < 4.78 is 3.27. The number of pyridine rings is 1. The average molecular weight is 401 g/mol. The number of thiophene rings is 1. The summed E-state index contributed by atoms with van der Waals surface area (Å²) >= 11 is 1.64. The molecule has 5 aromatic rings. The second kappa shape index (κ2) is 6.93. The Bertz CT molecular complexity index is 1380. The Balaban J connectivity index is 1.73. The van der Waals surface area contributed by atoms with Crippen LogP contribution in [0.1, 0.15) is 16.0 Å². The molecule has 1 aromatic carbocycles. The molecule has 0 atom stereocenters. The Labute approximate surface area is 171 Å². The summed E-state index contributed by atoms with van der Waals surface area (Å²) in [5.41, 5.74) is 3.60. The highest BCUT2D eigenvalue weighted by molar-refractivity contribution is 7.19. The number of rotatable bonds is 4. The molecule has 6 nitrogen and oxygen atoms in total. The van der Waals surface area contributed by atoms with Gasteiger partial charge in [0.15, 0.2) is 11.5 Å². The van der Waals surface area contributed by atoms with Crippen LogP contribution in [0.5, 0.6) is 0 Å². The SMILES string of the molecule is Cc1sc2c(c1C)c1nc(-c3cccnc3)nn1c(=O)n2CCc1ccccc1. The van der Waals surface area contributed by atoms with E-state index in [1.54, 1.807) is 23.7 Å². The molecular formula is C22H19N5OS. The Morgan fingerprint density at radius 2 is 1.90 bits per heavy atom. The maximum atomic E-state index is 13.3. The fraction of sp³-hybridized carbons (Fsp3) is 0.182. The highest BCUT2D eigenvalue weighted by atomic mass is 32.1. The second-order valence-corrected chi connectivity index (χ2v) is 8.25. The summed E-state index contributed by atoms with van der Waals surface area (Å²) in [5, 5.41) is 5.54. The minimum atomic E-state index is -0.160. The first-order chi connectivity index (χ1) is 14.1. The lowest BCUT2D eigenvalue weighted by Gasteiger charge is -2.08. The first kappa shape index (κ1) is 17.8. The zero-order chi connectivity index (χ0) is 20.0. The van der Waals surface area contributed by atoms with Gasteiger partial charge >= 0.3 is 5.69 Å². The van der Waals surface area contributed by atoms with Crippen molar-refractivity contribution in [1.82, 2.24) is 24.1 Å². The predicted octanol–water partition coefficient (Wildman–Crippen LogP) is 4.03. The van der Waals surface area contributed by atoms with E-state index in [9.17, 15) is 4.79 Å². The molecule has 0 radical (unpaired) electrons. The maximum Gasteiger partial charge on any atom is 0.351 e.